The van der Waals surface area contributed by atoms with E-state index in [-0.39, 0.29) is 0 Å². The van der Waals surface area contributed by atoms with Crippen molar-refractivity contribution in [2.75, 3.05) is 44.3 Å². The van der Waals surface area contributed by atoms with Gasteiger partial charge < -0.3 is 9.64 Å². The fraction of sp³-hybridized carbons (Fsp3) is 0.647. The smallest absolute Gasteiger partial charge is 0.148 e. The van der Waals surface area contributed by atoms with Gasteiger partial charge in [0.25, 0.3) is 0 Å². The molecule has 0 saturated carbocycles. The van der Waals surface area contributed by atoms with Crippen LogP contribution < -0.4 is 4.90 Å². The van der Waals surface area contributed by atoms with Gasteiger partial charge in [-0.25, -0.2) is 4.98 Å². The van der Waals surface area contributed by atoms with Crippen molar-refractivity contribution in [2.45, 2.75) is 32.2 Å². The average Bonchev–Trinajstić information content (AvgIpc) is 2.58. The lowest BCUT2D eigenvalue weighted by atomic mass is 10.0. The van der Waals surface area contributed by atoms with Gasteiger partial charge in [0.1, 0.15) is 11.9 Å². The number of anilines is 1. The minimum atomic E-state index is 0.430. The van der Waals surface area contributed by atoms with Crippen LogP contribution in [-0.2, 0) is 4.74 Å². The Bertz CT molecular complexity index is 595. The molecular weight excluding hydrogens is 312 g/mol. The second-order valence-corrected chi connectivity index (χ2v) is 6.70. The molecule has 0 radical (unpaired) electrons. The highest BCUT2D eigenvalue weighted by Crippen LogP contribution is 2.31. The van der Waals surface area contributed by atoms with Crippen molar-refractivity contribution >= 4 is 17.4 Å². The lowest BCUT2D eigenvalue weighted by Crippen LogP contribution is -2.50. The second-order valence-electron chi connectivity index (χ2n) is 6.29. The molecule has 1 aromatic rings. The summed E-state index contributed by atoms with van der Waals surface area (Å²) in [6.45, 7) is 7.52. The molecule has 0 aliphatic carbocycles. The van der Waals surface area contributed by atoms with Crippen LogP contribution >= 0.6 is 11.6 Å². The average molecular weight is 335 g/mol. The predicted molar refractivity (Wildman–Crippen MR) is 90.9 cm³/mol. The van der Waals surface area contributed by atoms with E-state index in [9.17, 15) is 0 Å². The molecule has 2 saturated heterocycles. The number of rotatable bonds is 3. The molecule has 5 nitrogen and oxygen atoms in total. The minimum Gasteiger partial charge on any atom is -0.379 e. The molecule has 23 heavy (non-hydrogen) atoms. The number of aryl methyl sites for hydroxylation is 1. The van der Waals surface area contributed by atoms with E-state index in [0.29, 0.717) is 16.6 Å². The van der Waals surface area contributed by atoms with Crippen LogP contribution in [-0.4, -0.2) is 55.3 Å². The number of nitrogens with zero attached hydrogens (tertiary/aromatic N) is 4. The maximum atomic E-state index is 9.13. The molecule has 1 unspecified atom stereocenters. The van der Waals surface area contributed by atoms with Crippen LogP contribution in [0.15, 0.2) is 6.07 Å². The van der Waals surface area contributed by atoms with Crippen LogP contribution in [0.25, 0.3) is 0 Å². The molecule has 3 rings (SSSR count). The summed E-state index contributed by atoms with van der Waals surface area (Å²) in [4.78, 5) is 9.45. The maximum absolute atomic E-state index is 9.13. The van der Waals surface area contributed by atoms with E-state index >= 15 is 0 Å². The Morgan fingerprint density at radius 3 is 2.87 bits per heavy atom. The van der Waals surface area contributed by atoms with Crippen LogP contribution in [0.3, 0.4) is 0 Å². The molecule has 2 aliphatic heterocycles. The van der Waals surface area contributed by atoms with Gasteiger partial charge in [-0.15, -0.1) is 0 Å². The number of nitriles is 1. The molecule has 124 valence electrons. The Morgan fingerprint density at radius 2 is 2.13 bits per heavy atom. The molecule has 3 heterocycles. The van der Waals surface area contributed by atoms with Gasteiger partial charge in [0.2, 0.25) is 0 Å². The molecular formula is C17H23ClN4O. The summed E-state index contributed by atoms with van der Waals surface area (Å²) in [5.41, 5.74) is 1.31. The third-order valence-electron chi connectivity index (χ3n) is 4.74. The molecule has 0 amide bonds. The van der Waals surface area contributed by atoms with Gasteiger partial charge in [-0.3, -0.25) is 4.90 Å². The van der Waals surface area contributed by atoms with E-state index in [1.165, 1.54) is 6.42 Å². The van der Waals surface area contributed by atoms with Crippen molar-refractivity contribution in [3.05, 3.63) is 22.3 Å². The molecule has 0 N–H and O–H groups in total. The number of hydrogen-bond donors (Lipinski definition) is 0. The number of aromatic nitrogens is 1. The van der Waals surface area contributed by atoms with E-state index < -0.39 is 0 Å². The molecule has 2 aliphatic rings. The van der Waals surface area contributed by atoms with Gasteiger partial charge in [0, 0.05) is 32.2 Å². The molecule has 0 bridgehead atoms. The fourth-order valence-corrected chi connectivity index (χ4v) is 3.69. The van der Waals surface area contributed by atoms with Crippen LogP contribution in [0.5, 0.6) is 0 Å². The number of pyridine rings is 1. The van der Waals surface area contributed by atoms with Crippen molar-refractivity contribution < 1.29 is 4.74 Å². The topological polar surface area (TPSA) is 52.4 Å². The zero-order valence-corrected chi connectivity index (χ0v) is 14.3. The molecule has 0 spiro atoms. The van der Waals surface area contributed by atoms with E-state index in [2.05, 4.69) is 20.9 Å². The number of piperidine rings is 1. The van der Waals surface area contributed by atoms with Gasteiger partial charge in [0.15, 0.2) is 0 Å². The van der Waals surface area contributed by atoms with Gasteiger partial charge in [-0.2, -0.15) is 5.26 Å². The quantitative estimate of drug-likeness (QED) is 0.850. The Hall–Kier alpha value is -1.35. The van der Waals surface area contributed by atoms with Gasteiger partial charge in [0.05, 0.1) is 29.5 Å². The van der Waals surface area contributed by atoms with Gasteiger partial charge in [-0.05, 0) is 32.3 Å². The molecule has 1 atom stereocenters. The summed E-state index contributed by atoms with van der Waals surface area (Å²) < 4.78 is 5.44. The van der Waals surface area contributed by atoms with Crippen molar-refractivity contribution in [1.29, 1.82) is 5.26 Å². The molecule has 1 aromatic heterocycles. The SMILES string of the molecule is Cc1nc(N2CCCCC2CN2CCOCC2)c(Cl)cc1C#N. The summed E-state index contributed by atoms with van der Waals surface area (Å²) in [6, 6.07) is 4.33. The fourth-order valence-electron chi connectivity index (χ4n) is 3.43. The zero-order chi connectivity index (χ0) is 16.2. The summed E-state index contributed by atoms with van der Waals surface area (Å²) in [5.74, 6) is 0.834. The van der Waals surface area contributed by atoms with Gasteiger partial charge >= 0.3 is 0 Å². The summed E-state index contributed by atoms with van der Waals surface area (Å²) in [6.07, 6.45) is 3.57. The number of morpholine rings is 1. The van der Waals surface area contributed by atoms with Gasteiger partial charge in [-0.1, -0.05) is 11.6 Å². The van der Waals surface area contributed by atoms with Crippen molar-refractivity contribution in [3.8, 4) is 6.07 Å². The highest BCUT2D eigenvalue weighted by atomic mass is 35.5. The Labute approximate surface area is 142 Å². The number of halogens is 1. The summed E-state index contributed by atoms with van der Waals surface area (Å²) >= 11 is 6.43. The standard InChI is InChI=1S/C17H23ClN4O/c1-13-14(11-19)10-16(18)17(20-13)22-5-3-2-4-15(22)12-21-6-8-23-9-7-21/h10,15H,2-9,12H2,1H3. The van der Waals surface area contributed by atoms with Crippen molar-refractivity contribution in [3.63, 3.8) is 0 Å². The third-order valence-corrected chi connectivity index (χ3v) is 5.02. The predicted octanol–water partition coefficient (Wildman–Crippen LogP) is 2.61. The lowest BCUT2D eigenvalue weighted by molar-refractivity contribution is 0.0338. The largest absolute Gasteiger partial charge is 0.379 e. The van der Waals surface area contributed by atoms with E-state index in [1.54, 1.807) is 6.07 Å². The first kappa shape index (κ1) is 16.5. The van der Waals surface area contributed by atoms with Crippen molar-refractivity contribution in [1.82, 2.24) is 9.88 Å². The van der Waals surface area contributed by atoms with Crippen LogP contribution in [0, 0.1) is 18.3 Å². The van der Waals surface area contributed by atoms with Crippen LogP contribution in [0.4, 0.5) is 5.82 Å². The summed E-state index contributed by atoms with van der Waals surface area (Å²) in [7, 11) is 0. The number of ether oxygens (including phenoxy) is 1. The van der Waals surface area contributed by atoms with E-state index in [0.717, 1.165) is 63.7 Å². The second kappa shape index (κ2) is 7.48. The van der Waals surface area contributed by atoms with E-state index in [4.69, 9.17) is 21.6 Å². The zero-order valence-electron chi connectivity index (χ0n) is 13.6. The highest BCUT2D eigenvalue weighted by molar-refractivity contribution is 6.33. The van der Waals surface area contributed by atoms with Crippen LogP contribution in [0.2, 0.25) is 5.02 Å². The first-order chi connectivity index (χ1) is 11.2. The van der Waals surface area contributed by atoms with Crippen LogP contribution in [0.1, 0.15) is 30.5 Å². The Kier molecular flexibility index (Phi) is 5.37. The first-order valence-electron chi connectivity index (χ1n) is 8.33. The summed E-state index contributed by atoms with van der Waals surface area (Å²) in [5, 5.41) is 9.72. The molecule has 2 fully saturated rings. The third kappa shape index (κ3) is 3.77. The molecule has 0 aromatic carbocycles. The highest BCUT2D eigenvalue weighted by Gasteiger charge is 2.28. The normalized spacial score (nSPS) is 22.8. The minimum absolute atomic E-state index is 0.430. The monoisotopic (exact) mass is 334 g/mol. The Morgan fingerprint density at radius 1 is 1.35 bits per heavy atom. The van der Waals surface area contributed by atoms with Crippen molar-refractivity contribution in [2.24, 2.45) is 0 Å². The molecule has 6 heteroatoms. The number of hydrogen-bond acceptors (Lipinski definition) is 5. The maximum Gasteiger partial charge on any atom is 0.148 e. The first-order valence-corrected chi connectivity index (χ1v) is 8.71. The lowest BCUT2D eigenvalue weighted by Gasteiger charge is -2.40. The van der Waals surface area contributed by atoms with E-state index in [1.807, 2.05) is 6.92 Å². The Balaban J connectivity index is 1.81.